The van der Waals surface area contributed by atoms with Crippen LogP contribution in [0.4, 0.5) is 5.69 Å². The van der Waals surface area contributed by atoms with Crippen molar-refractivity contribution in [3.63, 3.8) is 0 Å². The predicted molar refractivity (Wildman–Crippen MR) is 98.2 cm³/mol. The van der Waals surface area contributed by atoms with Gasteiger partial charge in [-0.05, 0) is 25.3 Å². The number of carbonyl (C=O) groups is 3. The molecule has 1 N–H and O–H groups in total. The lowest BCUT2D eigenvalue weighted by Gasteiger charge is -2.29. The summed E-state index contributed by atoms with van der Waals surface area (Å²) < 4.78 is 5.17. The average molecular weight is 393 g/mol. The highest BCUT2D eigenvalue weighted by Crippen LogP contribution is 2.27. The molecule has 2 rings (SSSR count). The van der Waals surface area contributed by atoms with Gasteiger partial charge in [-0.1, -0.05) is 0 Å². The second-order valence-electron chi connectivity index (χ2n) is 6.56. The first-order chi connectivity index (χ1) is 13.2. The average Bonchev–Trinajstić information content (AvgIpc) is 2.90. The maximum Gasteiger partial charge on any atom is 0.323 e. The van der Waals surface area contributed by atoms with Gasteiger partial charge < -0.3 is 19.6 Å². The molecule has 1 heterocycles. The van der Waals surface area contributed by atoms with Crippen molar-refractivity contribution < 1.29 is 29.2 Å². The molecule has 2 amide bonds. The van der Waals surface area contributed by atoms with E-state index in [1.54, 1.807) is 4.90 Å². The third-order valence-corrected chi connectivity index (χ3v) is 4.76. The molecule has 0 aliphatic carbocycles. The smallest absolute Gasteiger partial charge is 0.323 e. The van der Waals surface area contributed by atoms with Crippen LogP contribution in [0.2, 0.25) is 0 Å². The zero-order chi connectivity index (χ0) is 20.8. The summed E-state index contributed by atoms with van der Waals surface area (Å²) in [5.74, 6) is -1.57. The Bertz CT molecular complexity index is 780. The van der Waals surface area contributed by atoms with Gasteiger partial charge in [0.15, 0.2) is 0 Å². The number of carboxylic acids is 1. The number of benzene rings is 1. The van der Waals surface area contributed by atoms with E-state index >= 15 is 0 Å². The first-order valence-corrected chi connectivity index (χ1v) is 8.85. The number of carboxylic acid groups (broad SMARTS) is 1. The van der Waals surface area contributed by atoms with Crippen molar-refractivity contribution in [2.75, 3.05) is 26.7 Å². The number of hydrogen-bond donors (Lipinski definition) is 1. The van der Waals surface area contributed by atoms with E-state index in [1.165, 1.54) is 37.1 Å². The largest absolute Gasteiger partial charge is 0.496 e. The lowest BCUT2D eigenvalue weighted by atomic mass is 10.1. The fourth-order valence-electron chi connectivity index (χ4n) is 3.38. The summed E-state index contributed by atoms with van der Waals surface area (Å²) in [6.07, 6.45) is 1.58. The van der Waals surface area contributed by atoms with Gasteiger partial charge in [-0.15, -0.1) is 0 Å². The van der Waals surface area contributed by atoms with Crippen molar-refractivity contribution in [2.24, 2.45) is 0 Å². The Labute approximate surface area is 161 Å². The molecular weight excluding hydrogens is 370 g/mol. The number of non-ortho nitro benzene ring substituents is 1. The van der Waals surface area contributed by atoms with E-state index in [0.29, 0.717) is 32.4 Å². The van der Waals surface area contributed by atoms with Gasteiger partial charge in [0.1, 0.15) is 12.3 Å². The zero-order valence-corrected chi connectivity index (χ0v) is 15.8. The van der Waals surface area contributed by atoms with Crippen LogP contribution in [0, 0.1) is 10.1 Å². The SMILES string of the molecule is COc1ccc([N+](=O)[O-])cc1C(=O)N1CCCC(N(CC(=O)O)C(C)=O)CC1. The third kappa shape index (κ3) is 4.96. The third-order valence-electron chi connectivity index (χ3n) is 4.76. The van der Waals surface area contributed by atoms with Crippen molar-refractivity contribution in [2.45, 2.75) is 32.2 Å². The van der Waals surface area contributed by atoms with Crippen LogP contribution < -0.4 is 4.74 Å². The van der Waals surface area contributed by atoms with Gasteiger partial charge in [0.05, 0.1) is 17.6 Å². The number of rotatable bonds is 6. The second kappa shape index (κ2) is 9.16. The Kier molecular flexibility index (Phi) is 6.91. The normalized spacial score (nSPS) is 16.8. The molecular formula is C18H23N3O7. The number of likely N-dealkylation sites (tertiary alicyclic amines) is 1. The minimum atomic E-state index is -1.09. The number of ether oxygens (including phenoxy) is 1. The molecule has 1 fully saturated rings. The van der Waals surface area contributed by atoms with E-state index < -0.39 is 16.8 Å². The second-order valence-corrected chi connectivity index (χ2v) is 6.56. The van der Waals surface area contributed by atoms with Crippen LogP contribution in [-0.4, -0.2) is 70.4 Å². The molecule has 152 valence electrons. The number of aliphatic carboxylic acids is 1. The molecule has 28 heavy (non-hydrogen) atoms. The van der Waals surface area contributed by atoms with Crippen LogP contribution >= 0.6 is 0 Å². The summed E-state index contributed by atoms with van der Waals surface area (Å²) in [6.45, 7) is 1.65. The maximum absolute atomic E-state index is 12.9. The van der Waals surface area contributed by atoms with Gasteiger partial charge in [-0.3, -0.25) is 24.5 Å². The number of nitro benzene ring substituents is 1. The van der Waals surface area contributed by atoms with E-state index in [0.717, 1.165) is 0 Å². The number of hydrogen-bond acceptors (Lipinski definition) is 6. The Morgan fingerprint density at radius 2 is 2.04 bits per heavy atom. The highest BCUT2D eigenvalue weighted by atomic mass is 16.6. The molecule has 0 saturated carbocycles. The van der Waals surface area contributed by atoms with E-state index in [1.807, 2.05) is 0 Å². The number of methoxy groups -OCH3 is 1. The molecule has 0 radical (unpaired) electrons. The number of nitro groups is 1. The lowest BCUT2D eigenvalue weighted by molar-refractivity contribution is -0.384. The van der Waals surface area contributed by atoms with Gasteiger partial charge in [-0.2, -0.15) is 0 Å². The van der Waals surface area contributed by atoms with Crippen molar-refractivity contribution in [1.29, 1.82) is 0 Å². The van der Waals surface area contributed by atoms with Crippen molar-refractivity contribution in [3.05, 3.63) is 33.9 Å². The van der Waals surface area contributed by atoms with Gasteiger partial charge in [0.25, 0.3) is 11.6 Å². The van der Waals surface area contributed by atoms with Crippen molar-refractivity contribution in [3.8, 4) is 5.75 Å². The van der Waals surface area contributed by atoms with Gasteiger partial charge in [0.2, 0.25) is 5.91 Å². The molecule has 10 heteroatoms. The highest BCUT2D eigenvalue weighted by Gasteiger charge is 2.29. The van der Waals surface area contributed by atoms with Crippen molar-refractivity contribution in [1.82, 2.24) is 9.80 Å². The minimum Gasteiger partial charge on any atom is -0.496 e. The van der Waals surface area contributed by atoms with Crippen LogP contribution in [0.15, 0.2) is 18.2 Å². The van der Waals surface area contributed by atoms with Crippen LogP contribution in [0.3, 0.4) is 0 Å². The Hall–Kier alpha value is -3.17. The molecule has 1 atom stereocenters. The fraction of sp³-hybridized carbons (Fsp3) is 0.500. The molecule has 0 aromatic heterocycles. The van der Waals surface area contributed by atoms with E-state index in [-0.39, 0.29) is 35.5 Å². The molecule has 1 aliphatic heterocycles. The molecule has 10 nitrogen and oxygen atoms in total. The summed E-state index contributed by atoms with van der Waals surface area (Å²) in [4.78, 5) is 49.1. The van der Waals surface area contributed by atoms with E-state index in [4.69, 9.17) is 9.84 Å². The van der Waals surface area contributed by atoms with Crippen LogP contribution in [0.5, 0.6) is 5.75 Å². The summed E-state index contributed by atoms with van der Waals surface area (Å²) in [6, 6.07) is 3.56. The molecule has 1 aliphatic rings. The summed E-state index contributed by atoms with van der Waals surface area (Å²) >= 11 is 0. The topological polar surface area (TPSA) is 130 Å². The molecule has 1 aromatic carbocycles. The summed E-state index contributed by atoms with van der Waals surface area (Å²) in [7, 11) is 1.38. The Morgan fingerprint density at radius 3 is 2.61 bits per heavy atom. The number of nitrogens with zero attached hydrogens (tertiary/aromatic N) is 3. The predicted octanol–water partition coefficient (Wildman–Crippen LogP) is 1.53. The van der Waals surface area contributed by atoms with E-state index in [9.17, 15) is 24.5 Å². The van der Waals surface area contributed by atoms with Crippen LogP contribution in [0.1, 0.15) is 36.5 Å². The maximum atomic E-state index is 12.9. The standard InChI is InChI=1S/C18H23N3O7/c1-12(22)20(11-17(23)24)13-4-3-8-19(9-7-13)18(25)15-10-14(21(26)27)5-6-16(15)28-2/h5-6,10,13H,3-4,7-9,11H2,1-2H3,(H,23,24). The molecule has 1 saturated heterocycles. The summed E-state index contributed by atoms with van der Waals surface area (Å²) in [5, 5.41) is 20.1. The van der Waals surface area contributed by atoms with Crippen molar-refractivity contribution >= 4 is 23.5 Å². The molecule has 0 bridgehead atoms. The highest BCUT2D eigenvalue weighted by molar-refractivity contribution is 5.97. The minimum absolute atomic E-state index is 0.101. The first kappa shape index (κ1) is 21.1. The quantitative estimate of drug-likeness (QED) is 0.573. The Morgan fingerprint density at radius 1 is 1.32 bits per heavy atom. The number of carbonyl (C=O) groups excluding carboxylic acids is 2. The van der Waals surface area contributed by atoms with Crippen LogP contribution in [-0.2, 0) is 9.59 Å². The fourth-order valence-corrected chi connectivity index (χ4v) is 3.38. The summed E-state index contributed by atoms with van der Waals surface area (Å²) in [5.41, 5.74) is -0.106. The Balaban J connectivity index is 2.18. The monoisotopic (exact) mass is 393 g/mol. The van der Waals surface area contributed by atoms with E-state index in [2.05, 4.69) is 0 Å². The van der Waals surface area contributed by atoms with Crippen LogP contribution in [0.25, 0.3) is 0 Å². The zero-order valence-electron chi connectivity index (χ0n) is 15.8. The van der Waals surface area contributed by atoms with Gasteiger partial charge in [0, 0.05) is 38.2 Å². The lowest BCUT2D eigenvalue weighted by Crippen LogP contribution is -2.43. The molecule has 0 spiro atoms. The number of amides is 2. The van der Waals surface area contributed by atoms with Gasteiger partial charge in [-0.25, -0.2) is 0 Å². The molecule has 1 unspecified atom stereocenters. The molecule has 1 aromatic rings. The van der Waals surface area contributed by atoms with Gasteiger partial charge >= 0.3 is 5.97 Å². The first-order valence-electron chi connectivity index (χ1n) is 8.85.